The van der Waals surface area contributed by atoms with Crippen LogP contribution in [-0.2, 0) is 12.8 Å². The summed E-state index contributed by atoms with van der Waals surface area (Å²) in [6.07, 6.45) is -4.49. The van der Waals surface area contributed by atoms with Crippen LogP contribution in [0.5, 0.6) is 11.5 Å². The van der Waals surface area contributed by atoms with Gasteiger partial charge >= 0.3 is 6.18 Å². The number of hydrogen-bond acceptors (Lipinski definition) is 2. The fourth-order valence-corrected chi connectivity index (χ4v) is 2.09. The summed E-state index contributed by atoms with van der Waals surface area (Å²) in [7, 11) is 0. The lowest BCUT2D eigenvalue weighted by Gasteiger charge is -2.15. The van der Waals surface area contributed by atoms with Gasteiger partial charge in [0, 0.05) is 10.0 Å². The Bertz CT molecular complexity index is 612. The van der Waals surface area contributed by atoms with E-state index < -0.39 is 11.7 Å². The number of alkyl halides is 3. The highest BCUT2D eigenvalue weighted by Gasteiger charge is 2.34. The number of ether oxygens (including phenoxy) is 1. The van der Waals surface area contributed by atoms with Crippen LogP contribution in [-0.4, -0.2) is 5.11 Å². The first-order valence-electron chi connectivity index (χ1n) is 5.65. The van der Waals surface area contributed by atoms with E-state index in [1.807, 2.05) is 0 Å². The van der Waals surface area contributed by atoms with Crippen LogP contribution in [0.3, 0.4) is 0 Å². The molecular formula is C14H10BrF3O2. The van der Waals surface area contributed by atoms with Gasteiger partial charge in [0.1, 0.15) is 11.5 Å². The van der Waals surface area contributed by atoms with Crippen molar-refractivity contribution in [2.75, 3.05) is 0 Å². The molecule has 0 spiro atoms. The summed E-state index contributed by atoms with van der Waals surface area (Å²) < 4.78 is 44.6. The van der Waals surface area contributed by atoms with Gasteiger partial charge in [-0.3, -0.25) is 0 Å². The van der Waals surface area contributed by atoms with Crippen LogP contribution in [0.15, 0.2) is 46.9 Å². The molecule has 0 radical (unpaired) electrons. The third kappa shape index (κ3) is 3.32. The predicted octanol–water partition coefficient (Wildman–Crippen LogP) is 4.75. The van der Waals surface area contributed by atoms with Crippen LogP contribution < -0.4 is 4.74 Å². The minimum atomic E-state index is -4.49. The number of rotatable bonds is 3. The fraction of sp³-hybridized carbons (Fsp3) is 0.143. The molecule has 1 N–H and O–H groups in total. The Balaban J connectivity index is 2.41. The van der Waals surface area contributed by atoms with Gasteiger partial charge in [-0.25, -0.2) is 0 Å². The van der Waals surface area contributed by atoms with E-state index in [2.05, 4.69) is 15.9 Å². The molecule has 0 heterocycles. The molecule has 0 aliphatic carbocycles. The molecule has 0 saturated heterocycles. The van der Waals surface area contributed by atoms with Crippen molar-refractivity contribution in [3.8, 4) is 11.5 Å². The Morgan fingerprint density at radius 3 is 2.40 bits per heavy atom. The number of aliphatic hydroxyl groups excluding tert-OH is 1. The van der Waals surface area contributed by atoms with E-state index in [-0.39, 0.29) is 18.1 Å². The van der Waals surface area contributed by atoms with Gasteiger partial charge in [-0.05, 0) is 30.3 Å². The van der Waals surface area contributed by atoms with Gasteiger partial charge in [-0.15, -0.1) is 0 Å². The molecule has 0 saturated carbocycles. The van der Waals surface area contributed by atoms with Crippen LogP contribution in [0.25, 0.3) is 0 Å². The van der Waals surface area contributed by atoms with Crippen molar-refractivity contribution in [1.82, 2.24) is 0 Å². The Labute approximate surface area is 121 Å². The molecule has 2 nitrogen and oxygen atoms in total. The average molecular weight is 347 g/mol. The second-order valence-electron chi connectivity index (χ2n) is 4.01. The normalized spacial score (nSPS) is 11.4. The van der Waals surface area contributed by atoms with Gasteiger partial charge < -0.3 is 9.84 Å². The van der Waals surface area contributed by atoms with Crippen molar-refractivity contribution in [3.63, 3.8) is 0 Å². The minimum absolute atomic E-state index is 0.187. The van der Waals surface area contributed by atoms with Crippen molar-refractivity contribution >= 4 is 15.9 Å². The summed E-state index contributed by atoms with van der Waals surface area (Å²) in [5.41, 5.74) is -0.455. The Morgan fingerprint density at radius 1 is 1.05 bits per heavy atom. The smallest absolute Gasteiger partial charge is 0.419 e. The maximum atomic E-state index is 12.9. The molecule has 0 amide bonds. The van der Waals surface area contributed by atoms with E-state index in [9.17, 15) is 18.3 Å². The summed E-state index contributed by atoms with van der Waals surface area (Å²) >= 11 is 3.22. The van der Waals surface area contributed by atoms with E-state index in [0.717, 1.165) is 6.07 Å². The minimum Gasteiger partial charge on any atom is -0.456 e. The Morgan fingerprint density at radius 2 is 1.75 bits per heavy atom. The van der Waals surface area contributed by atoms with Gasteiger partial charge in [0.05, 0.1) is 12.2 Å². The van der Waals surface area contributed by atoms with Crippen molar-refractivity contribution in [2.45, 2.75) is 12.8 Å². The molecule has 0 aromatic heterocycles. The summed E-state index contributed by atoms with van der Waals surface area (Å²) in [6.45, 7) is -0.330. The number of halogens is 4. The highest BCUT2D eigenvalue weighted by molar-refractivity contribution is 9.10. The summed E-state index contributed by atoms with van der Waals surface area (Å²) in [4.78, 5) is 0. The van der Waals surface area contributed by atoms with Gasteiger partial charge in [0.2, 0.25) is 0 Å². The second kappa shape index (κ2) is 5.85. The third-order valence-electron chi connectivity index (χ3n) is 2.61. The maximum Gasteiger partial charge on any atom is 0.419 e. The number of benzene rings is 2. The van der Waals surface area contributed by atoms with Gasteiger partial charge in [0.15, 0.2) is 0 Å². The number of para-hydroxylation sites is 1. The average Bonchev–Trinajstić information content (AvgIpc) is 2.40. The maximum absolute atomic E-state index is 12.9. The fourth-order valence-electron chi connectivity index (χ4n) is 1.68. The molecule has 0 aliphatic heterocycles. The molecular weight excluding hydrogens is 337 g/mol. The SMILES string of the molecule is OCc1cc(Br)ccc1Oc1ccccc1C(F)(F)F. The first-order valence-corrected chi connectivity index (χ1v) is 6.44. The molecule has 0 aliphatic rings. The van der Waals surface area contributed by atoms with Crippen LogP contribution in [0, 0.1) is 0 Å². The van der Waals surface area contributed by atoms with E-state index in [0.29, 0.717) is 10.0 Å². The quantitative estimate of drug-likeness (QED) is 0.868. The third-order valence-corrected chi connectivity index (χ3v) is 3.10. The molecule has 106 valence electrons. The second-order valence-corrected chi connectivity index (χ2v) is 4.92. The molecule has 2 rings (SSSR count). The van der Waals surface area contributed by atoms with Crippen molar-refractivity contribution in [3.05, 3.63) is 58.1 Å². The molecule has 20 heavy (non-hydrogen) atoms. The lowest BCUT2D eigenvalue weighted by atomic mass is 10.2. The first kappa shape index (κ1) is 14.9. The van der Waals surface area contributed by atoms with E-state index >= 15 is 0 Å². The molecule has 0 fully saturated rings. The zero-order chi connectivity index (χ0) is 14.8. The highest BCUT2D eigenvalue weighted by Crippen LogP contribution is 2.38. The van der Waals surface area contributed by atoms with Gasteiger partial charge in [-0.1, -0.05) is 28.1 Å². The Kier molecular flexibility index (Phi) is 4.35. The lowest BCUT2D eigenvalue weighted by Crippen LogP contribution is -2.07. The zero-order valence-electron chi connectivity index (χ0n) is 10.1. The molecule has 2 aromatic carbocycles. The van der Waals surface area contributed by atoms with Gasteiger partial charge in [0.25, 0.3) is 0 Å². The van der Waals surface area contributed by atoms with Crippen molar-refractivity contribution in [1.29, 1.82) is 0 Å². The summed E-state index contributed by atoms with van der Waals surface area (Å²) in [6, 6.07) is 9.67. The van der Waals surface area contributed by atoms with E-state index in [4.69, 9.17) is 4.74 Å². The summed E-state index contributed by atoms with van der Waals surface area (Å²) in [5.74, 6) is -0.107. The van der Waals surface area contributed by atoms with E-state index in [1.165, 1.54) is 24.3 Å². The molecule has 2 aromatic rings. The van der Waals surface area contributed by atoms with Crippen LogP contribution in [0.1, 0.15) is 11.1 Å². The van der Waals surface area contributed by atoms with Crippen LogP contribution >= 0.6 is 15.9 Å². The van der Waals surface area contributed by atoms with E-state index in [1.54, 1.807) is 12.1 Å². The number of aliphatic hydroxyl groups is 1. The molecule has 0 unspecified atom stereocenters. The molecule has 0 atom stereocenters. The monoisotopic (exact) mass is 346 g/mol. The van der Waals surface area contributed by atoms with Crippen LogP contribution in [0.2, 0.25) is 0 Å². The number of hydrogen-bond donors (Lipinski definition) is 1. The first-order chi connectivity index (χ1) is 9.41. The predicted molar refractivity (Wildman–Crippen MR) is 71.6 cm³/mol. The largest absolute Gasteiger partial charge is 0.456 e. The zero-order valence-corrected chi connectivity index (χ0v) is 11.7. The molecule has 6 heteroatoms. The molecule has 0 bridgehead atoms. The topological polar surface area (TPSA) is 29.5 Å². The highest BCUT2D eigenvalue weighted by atomic mass is 79.9. The standard InChI is InChI=1S/C14H10BrF3O2/c15-10-5-6-12(9(7-10)8-19)20-13-4-2-1-3-11(13)14(16,17)18/h1-7,19H,8H2. The van der Waals surface area contributed by atoms with Crippen molar-refractivity contribution < 1.29 is 23.0 Å². The van der Waals surface area contributed by atoms with Crippen molar-refractivity contribution in [2.24, 2.45) is 0 Å². The lowest BCUT2D eigenvalue weighted by molar-refractivity contribution is -0.138. The summed E-state index contributed by atoms with van der Waals surface area (Å²) in [5, 5.41) is 9.23. The Hall–Kier alpha value is -1.53. The van der Waals surface area contributed by atoms with Gasteiger partial charge in [-0.2, -0.15) is 13.2 Å². The van der Waals surface area contributed by atoms with Crippen LogP contribution in [0.4, 0.5) is 13.2 Å².